The Balaban J connectivity index is 0.00000121. The van der Waals surface area contributed by atoms with Crippen LogP contribution in [0.3, 0.4) is 0 Å². The average Bonchev–Trinajstić information content (AvgIpc) is 3.27. The summed E-state index contributed by atoms with van der Waals surface area (Å²) in [5.74, 6) is 1.78. The van der Waals surface area contributed by atoms with Crippen molar-refractivity contribution in [3.8, 4) is 0 Å². The molecule has 0 saturated carbocycles. The highest BCUT2D eigenvalue weighted by atomic mass is 35.5. The third-order valence-corrected chi connectivity index (χ3v) is 6.46. The van der Waals surface area contributed by atoms with Crippen LogP contribution in [0.25, 0.3) is 0 Å². The van der Waals surface area contributed by atoms with Crippen LogP contribution in [0.1, 0.15) is 31.4 Å². The Labute approximate surface area is 170 Å². The van der Waals surface area contributed by atoms with E-state index in [4.69, 9.17) is 0 Å². The number of rotatable bonds is 3. The first-order valence-electron chi connectivity index (χ1n) is 8.94. The van der Waals surface area contributed by atoms with Crippen LogP contribution in [0.2, 0.25) is 0 Å². The lowest BCUT2D eigenvalue weighted by Gasteiger charge is -2.20. The van der Waals surface area contributed by atoms with Gasteiger partial charge in [-0.25, -0.2) is 4.98 Å². The summed E-state index contributed by atoms with van der Waals surface area (Å²) < 4.78 is 0. The monoisotopic (exact) mass is 420 g/mol. The van der Waals surface area contributed by atoms with E-state index in [-0.39, 0.29) is 36.6 Å². The molecule has 4 rings (SSSR count). The number of amides is 2. The molecule has 3 fully saturated rings. The molecule has 146 valence electrons. The fraction of sp³-hybridized carbons (Fsp3) is 0.706. The number of carbonyl (C=O) groups is 2. The molecule has 1 aromatic rings. The highest BCUT2D eigenvalue weighted by Gasteiger charge is 2.31. The number of nitrogens with one attached hydrogen (secondary N) is 1. The maximum atomic E-state index is 12.6. The van der Waals surface area contributed by atoms with Gasteiger partial charge in [-0.05, 0) is 44.2 Å². The highest BCUT2D eigenvalue weighted by molar-refractivity contribution is 7.14. The molecule has 1 N–H and O–H groups in total. The van der Waals surface area contributed by atoms with Crippen LogP contribution in [0.5, 0.6) is 0 Å². The fourth-order valence-corrected chi connectivity index (χ4v) is 4.95. The van der Waals surface area contributed by atoms with E-state index in [0.29, 0.717) is 12.8 Å². The molecule has 3 aliphatic heterocycles. The third kappa shape index (κ3) is 4.50. The molecule has 0 unspecified atom stereocenters. The van der Waals surface area contributed by atoms with Crippen molar-refractivity contribution in [2.45, 2.75) is 32.1 Å². The first-order valence-corrected chi connectivity index (χ1v) is 9.82. The van der Waals surface area contributed by atoms with Gasteiger partial charge in [0.25, 0.3) is 0 Å². The number of aromatic nitrogens is 1. The molecule has 2 amide bonds. The third-order valence-electron chi connectivity index (χ3n) is 5.55. The van der Waals surface area contributed by atoms with Gasteiger partial charge in [-0.15, -0.1) is 36.2 Å². The van der Waals surface area contributed by atoms with Crippen molar-refractivity contribution < 1.29 is 9.59 Å². The Hall–Kier alpha value is -0.890. The van der Waals surface area contributed by atoms with Crippen molar-refractivity contribution in [2.75, 3.05) is 37.6 Å². The molecule has 2 atom stereocenters. The predicted molar refractivity (Wildman–Crippen MR) is 108 cm³/mol. The highest BCUT2D eigenvalue weighted by Crippen LogP contribution is 2.28. The fourth-order valence-electron chi connectivity index (χ4n) is 4.09. The van der Waals surface area contributed by atoms with Gasteiger partial charge in [0.05, 0.1) is 12.1 Å². The molecule has 26 heavy (non-hydrogen) atoms. The molecule has 4 heterocycles. The number of fused-ring (bicyclic) bond motifs is 1. The summed E-state index contributed by atoms with van der Waals surface area (Å²) in [4.78, 5) is 32.7. The number of thiazole rings is 1. The Bertz CT molecular complexity index is 628. The summed E-state index contributed by atoms with van der Waals surface area (Å²) in [6, 6.07) is 0. The average molecular weight is 421 g/mol. The number of likely N-dealkylation sites (tertiary alicyclic amines) is 1. The topological polar surface area (TPSA) is 65.5 Å². The van der Waals surface area contributed by atoms with Crippen molar-refractivity contribution in [1.29, 1.82) is 0 Å². The van der Waals surface area contributed by atoms with E-state index >= 15 is 0 Å². The SMILES string of the molecule is Cl.Cl.O=C(Cc1csc(N2CCCC2=O)n1)N1CC[C@@H]2CNC[C@@H]2CC1. The minimum absolute atomic E-state index is 0. The van der Waals surface area contributed by atoms with Gasteiger partial charge in [0.1, 0.15) is 0 Å². The molecule has 0 spiro atoms. The molecular weight excluding hydrogens is 395 g/mol. The van der Waals surface area contributed by atoms with Gasteiger partial charge in [-0.1, -0.05) is 0 Å². The predicted octanol–water partition coefficient (Wildman–Crippen LogP) is 2.11. The zero-order valence-electron chi connectivity index (χ0n) is 14.7. The normalized spacial score (nSPS) is 25.3. The van der Waals surface area contributed by atoms with Crippen LogP contribution in [-0.2, 0) is 16.0 Å². The molecule has 0 aliphatic carbocycles. The van der Waals surface area contributed by atoms with Gasteiger partial charge in [0.2, 0.25) is 11.8 Å². The molecule has 3 aliphatic rings. The molecule has 6 nitrogen and oxygen atoms in total. The largest absolute Gasteiger partial charge is 0.342 e. The van der Waals surface area contributed by atoms with Gasteiger partial charge in [0, 0.05) is 31.4 Å². The lowest BCUT2D eigenvalue weighted by atomic mass is 9.92. The van der Waals surface area contributed by atoms with Gasteiger partial charge in [0.15, 0.2) is 5.13 Å². The molecule has 3 saturated heterocycles. The Morgan fingerprint density at radius 3 is 2.50 bits per heavy atom. The van der Waals surface area contributed by atoms with Gasteiger partial charge >= 0.3 is 0 Å². The Morgan fingerprint density at radius 2 is 1.88 bits per heavy atom. The second kappa shape index (κ2) is 9.35. The number of carbonyl (C=O) groups excluding carboxylic acids is 2. The van der Waals surface area contributed by atoms with Crippen LogP contribution < -0.4 is 10.2 Å². The van der Waals surface area contributed by atoms with E-state index in [1.165, 1.54) is 11.3 Å². The second-order valence-corrected chi connectivity index (χ2v) is 7.92. The van der Waals surface area contributed by atoms with Crippen molar-refractivity contribution in [3.05, 3.63) is 11.1 Å². The molecule has 9 heteroatoms. The van der Waals surface area contributed by atoms with Crippen LogP contribution >= 0.6 is 36.2 Å². The number of halogens is 2. The maximum absolute atomic E-state index is 12.6. The lowest BCUT2D eigenvalue weighted by molar-refractivity contribution is -0.130. The number of hydrogen-bond donors (Lipinski definition) is 1. The van der Waals surface area contributed by atoms with Crippen molar-refractivity contribution in [1.82, 2.24) is 15.2 Å². The van der Waals surface area contributed by atoms with E-state index < -0.39 is 0 Å². The Kier molecular flexibility index (Phi) is 7.70. The van der Waals surface area contributed by atoms with E-state index in [9.17, 15) is 9.59 Å². The zero-order valence-corrected chi connectivity index (χ0v) is 17.1. The summed E-state index contributed by atoms with van der Waals surface area (Å²) in [6.45, 7) is 4.69. The first kappa shape index (κ1) is 21.4. The summed E-state index contributed by atoms with van der Waals surface area (Å²) in [7, 11) is 0. The van der Waals surface area contributed by atoms with Crippen molar-refractivity contribution >= 4 is 53.1 Å². The summed E-state index contributed by atoms with van der Waals surface area (Å²) in [6.07, 6.45) is 4.07. The van der Waals surface area contributed by atoms with E-state index in [2.05, 4.69) is 10.3 Å². The summed E-state index contributed by atoms with van der Waals surface area (Å²) >= 11 is 1.47. The van der Waals surface area contributed by atoms with Gasteiger partial charge in [-0.3, -0.25) is 14.5 Å². The van der Waals surface area contributed by atoms with Crippen LogP contribution in [0.15, 0.2) is 5.38 Å². The number of anilines is 1. The molecule has 1 aromatic heterocycles. The Morgan fingerprint density at radius 1 is 1.19 bits per heavy atom. The van der Waals surface area contributed by atoms with Crippen LogP contribution in [-0.4, -0.2) is 54.4 Å². The van der Waals surface area contributed by atoms with E-state index in [1.54, 1.807) is 4.90 Å². The molecular formula is C17H26Cl2N4O2S. The van der Waals surface area contributed by atoms with E-state index in [0.717, 1.165) is 74.6 Å². The van der Waals surface area contributed by atoms with Gasteiger partial charge in [-0.2, -0.15) is 0 Å². The van der Waals surface area contributed by atoms with Crippen LogP contribution in [0, 0.1) is 11.8 Å². The zero-order chi connectivity index (χ0) is 16.5. The lowest BCUT2D eigenvalue weighted by Crippen LogP contribution is -2.34. The van der Waals surface area contributed by atoms with E-state index in [1.807, 2.05) is 10.3 Å². The smallest absolute Gasteiger partial charge is 0.228 e. The first-order chi connectivity index (χ1) is 11.7. The minimum Gasteiger partial charge on any atom is -0.342 e. The van der Waals surface area contributed by atoms with Gasteiger partial charge < -0.3 is 10.2 Å². The van der Waals surface area contributed by atoms with Crippen molar-refractivity contribution in [2.24, 2.45) is 11.8 Å². The molecule has 0 bridgehead atoms. The number of hydrogen-bond acceptors (Lipinski definition) is 5. The van der Waals surface area contributed by atoms with Crippen molar-refractivity contribution in [3.63, 3.8) is 0 Å². The summed E-state index contributed by atoms with van der Waals surface area (Å²) in [5.41, 5.74) is 0.797. The second-order valence-electron chi connectivity index (χ2n) is 7.08. The standard InChI is InChI=1S/C17H24N4O2S.2ClH/c22-15-2-1-5-21(15)17-19-14(11-24-17)8-16(23)20-6-3-12-9-18-10-13(12)4-7-20;;/h11-13,18H,1-10H2;2*1H/t12-,13+;;. The molecule has 0 radical (unpaired) electrons. The quantitative estimate of drug-likeness (QED) is 0.812. The molecule has 0 aromatic carbocycles. The summed E-state index contributed by atoms with van der Waals surface area (Å²) in [5, 5.41) is 6.14. The maximum Gasteiger partial charge on any atom is 0.228 e. The minimum atomic E-state index is 0. The van der Waals surface area contributed by atoms with Crippen LogP contribution in [0.4, 0.5) is 5.13 Å². The number of nitrogens with zero attached hydrogens (tertiary/aromatic N) is 3.